The highest BCUT2D eigenvalue weighted by Gasteiger charge is 2.15. The van der Waals surface area contributed by atoms with Crippen LogP contribution in [0.3, 0.4) is 0 Å². The highest BCUT2D eigenvalue weighted by atomic mass is 79.9. The molecule has 4 aromatic rings. The maximum Gasteiger partial charge on any atom is 0.338 e. The van der Waals surface area contributed by atoms with Gasteiger partial charge >= 0.3 is 11.9 Å². The van der Waals surface area contributed by atoms with Gasteiger partial charge in [0.05, 0.1) is 25.3 Å². The highest BCUT2D eigenvalue weighted by molar-refractivity contribution is 9.09. The molecule has 4 aromatic carbocycles. The largest absolute Gasteiger partial charge is 0.465 e. The second kappa shape index (κ2) is 11.2. The Hall–Kier alpha value is -3.70. The van der Waals surface area contributed by atoms with Crippen LogP contribution in [0, 0.1) is 0 Å². The number of hydrogen-bond donors (Lipinski definition) is 0. The summed E-state index contributed by atoms with van der Waals surface area (Å²) in [6, 6.07) is 31.3. The van der Waals surface area contributed by atoms with Crippen molar-refractivity contribution in [3.05, 3.63) is 119 Å². The normalized spacial score (nSPS) is 11.5. The van der Waals surface area contributed by atoms with E-state index in [9.17, 15) is 9.59 Å². The first-order valence-electron chi connectivity index (χ1n) is 11.2. The number of methoxy groups -OCH3 is 2. The Morgan fingerprint density at radius 2 is 1.09 bits per heavy atom. The molecule has 5 heteroatoms. The number of carbonyl (C=O) groups is 2. The molecule has 4 nitrogen and oxygen atoms in total. The molecule has 0 aliphatic carbocycles. The molecule has 0 radical (unpaired) electrons. The molecule has 0 aromatic heterocycles. The lowest BCUT2D eigenvalue weighted by Crippen LogP contribution is -2.03. The summed E-state index contributed by atoms with van der Waals surface area (Å²) in [5.41, 5.74) is 7.04. The summed E-state index contributed by atoms with van der Waals surface area (Å²) in [6.45, 7) is 0. The van der Waals surface area contributed by atoms with Crippen LogP contribution in [0.5, 0.6) is 0 Å². The van der Waals surface area contributed by atoms with E-state index in [1.54, 1.807) is 12.1 Å². The Morgan fingerprint density at radius 1 is 0.657 bits per heavy atom. The fourth-order valence-electron chi connectivity index (χ4n) is 4.06. The predicted molar refractivity (Wildman–Crippen MR) is 142 cm³/mol. The first kappa shape index (κ1) is 24.4. The van der Waals surface area contributed by atoms with E-state index in [4.69, 9.17) is 9.47 Å². The lowest BCUT2D eigenvalue weighted by Gasteiger charge is -2.13. The molecular formula is C30H25BrO4. The van der Waals surface area contributed by atoms with Gasteiger partial charge in [0.2, 0.25) is 0 Å². The van der Waals surface area contributed by atoms with Gasteiger partial charge in [0.15, 0.2) is 0 Å². The molecule has 176 valence electrons. The van der Waals surface area contributed by atoms with Crippen molar-refractivity contribution in [3.8, 4) is 22.3 Å². The summed E-state index contributed by atoms with van der Waals surface area (Å²) in [6.07, 6.45) is 0.803. The van der Waals surface area contributed by atoms with Crippen LogP contribution < -0.4 is 0 Å². The number of carbonyl (C=O) groups excluding carboxylic acids is 2. The zero-order chi connectivity index (χ0) is 24.8. The molecule has 0 N–H and O–H groups in total. The number of rotatable bonds is 7. The number of esters is 2. The van der Waals surface area contributed by atoms with Crippen LogP contribution in [0.4, 0.5) is 0 Å². The lowest BCUT2D eigenvalue weighted by molar-refractivity contribution is 0.0592. The predicted octanol–water partition coefficient (Wildman–Crippen LogP) is 7.27. The number of benzene rings is 4. The van der Waals surface area contributed by atoms with E-state index in [0.717, 1.165) is 34.2 Å². The molecular weight excluding hydrogens is 504 g/mol. The topological polar surface area (TPSA) is 52.6 Å². The molecule has 4 rings (SSSR count). The third kappa shape index (κ3) is 5.52. The van der Waals surface area contributed by atoms with Gasteiger partial charge in [-0.2, -0.15) is 0 Å². The van der Waals surface area contributed by atoms with E-state index in [1.165, 1.54) is 19.8 Å². The molecule has 0 fully saturated rings. The maximum atomic E-state index is 12.1. The average Bonchev–Trinajstić information content (AvgIpc) is 2.92. The van der Waals surface area contributed by atoms with Crippen molar-refractivity contribution in [2.75, 3.05) is 14.2 Å². The zero-order valence-electron chi connectivity index (χ0n) is 19.5. The van der Waals surface area contributed by atoms with Gasteiger partial charge in [0.25, 0.3) is 0 Å². The van der Waals surface area contributed by atoms with Crippen molar-refractivity contribution < 1.29 is 19.1 Å². The van der Waals surface area contributed by atoms with Crippen molar-refractivity contribution in [2.24, 2.45) is 0 Å². The molecule has 0 unspecified atom stereocenters. The Morgan fingerprint density at radius 3 is 1.54 bits per heavy atom. The minimum Gasteiger partial charge on any atom is -0.465 e. The van der Waals surface area contributed by atoms with Crippen molar-refractivity contribution in [1.29, 1.82) is 0 Å². The van der Waals surface area contributed by atoms with Crippen LogP contribution in [0.1, 0.15) is 36.7 Å². The molecule has 0 saturated carbocycles. The second-order valence-electron chi connectivity index (χ2n) is 8.06. The molecule has 0 heterocycles. The fourth-order valence-corrected chi connectivity index (χ4v) is 4.74. The fraction of sp³-hybridized carbons (Fsp3) is 0.133. The van der Waals surface area contributed by atoms with Crippen molar-refractivity contribution in [3.63, 3.8) is 0 Å². The molecule has 0 aliphatic rings. The first-order valence-corrected chi connectivity index (χ1v) is 12.1. The maximum absolute atomic E-state index is 12.1. The standard InChI is InChI=1S/C30H25BrO4/c1-34-29(32)26-9-5-3-7-24(26)21-13-11-20(12-14-21)19-28(31)23-17-15-22(16-18-23)25-8-4-6-10-27(25)30(33)35-2/h3-18,28H,19H2,1-2H3/t28-/m0/s1. The average molecular weight is 529 g/mol. The number of alkyl halides is 1. The van der Waals surface area contributed by atoms with Gasteiger partial charge in [-0.1, -0.05) is 101 Å². The van der Waals surface area contributed by atoms with Crippen molar-refractivity contribution in [2.45, 2.75) is 11.2 Å². The minimum absolute atomic E-state index is 0.126. The van der Waals surface area contributed by atoms with E-state index in [1.807, 2.05) is 60.7 Å². The Labute approximate surface area is 213 Å². The number of halogens is 1. The monoisotopic (exact) mass is 528 g/mol. The van der Waals surface area contributed by atoms with Crippen LogP contribution in [0.2, 0.25) is 0 Å². The van der Waals surface area contributed by atoms with E-state index >= 15 is 0 Å². The third-order valence-corrected chi connectivity index (χ3v) is 6.78. The Bertz CT molecular complexity index is 1330. The third-order valence-electron chi connectivity index (χ3n) is 5.93. The van der Waals surface area contributed by atoms with Crippen LogP contribution in [0.15, 0.2) is 97.1 Å². The van der Waals surface area contributed by atoms with Gasteiger partial charge in [-0.05, 0) is 51.9 Å². The quantitative estimate of drug-likeness (QED) is 0.187. The first-order chi connectivity index (χ1) is 17.0. The smallest absolute Gasteiger partial charge is 0.338 e. The van der Waals surface area contributed by atoms with E-state index in [2.05, 4.69) is 40.2 Å². The number of hydrogen-bond acceptors (Lipinski definition) is 4. The molecule has 0 aliphatic heterocycles. The summed E-state index contributed by atoms with van der Waals surface area (Å²) < 4.78 is 9.83. The number of ether oxygens (including phenoxy) is 2. The summed E-state index contributed by atoms with van der Waals surface area (Å²) in [5.74, 6) is -0.691. The van der Waals surface area contributed by atoms with E-state index in [-0.39, 0.29) is 16.8 Å². The van der Waals surface area contributed by atoms with Gasteiger partial charge in [0, 0.05) is 4.83 Å². The molecule has 1 atom stereocenters. The van der Waals surface area contributed by atoms with Crippen molar-refractivity contribution >= 4 is 27.9 Å². The van der Waals surface area contributed by atoms with Gasteiger partial charge in [-0.25, -0.2) is 9.59 Å². The van der Waals surface area contributed by atoms with E-state index < -0.39 is 0 Å². The summed E-state index contributed by atoms with van der Waals surface area (Å²) >= 11 is 3.82. The molecule has 35 heavy (non-hydrogen) atoms. The van der Waals surface area contributed by atoms with Crippen molar-refractivity contribution in [1.82, 2.24) is 0 Å². The molecule has 0 spiro atoms. The molecule has 0 saturated heterocycles. The van der Waals surface area contributed by atoms with E-state index in [0.29, 0.717) is 11.1 Å². The lowest BCUT2D eigenvalue weighted by atomic mass is 9.96. The van der Waals surface area contributed by atoms with Gasteiger partial charge in [-0.15, -0.1) is 0 Å². The van der Waals surface area contributed by atoms with Crippen LogP contribution in [-0.2, 0) is 15.9 Å². The van der Waals surface area contributed by atoms with Gasteiger partial charge < -0.3 is 9.47 Å². The van der Waals surface area contributed by atoms with Crippen LogP contribution >= 0.6 is 15.9 Å². The summed E-state index contributed by atoms with van der Waals surface area (Å²) in [5, 5.41) is 0. The summed E-state index contributed by atoms with van der Waals surface area (Å²) in [4.78, 5) is 24.3. The van der Waals surface area contributed by atoms with Crippen LogP contribution in [-0.4, -0.2) is 26.2 Å². The highest BCUT2D eigenvalue weighted by Crippen LogP contribution is 2.32. The Kier molecular flexibility index (Phi) is 7.78. The van der Waals surface area contributed by atoms with Crippen LogP contribution in [0.25, 0.3) is 22.3 Å². The minimum atomic E-state index is -0.347. The second-order valence-corrected chi connectivity index (χ2v) is 9.17. The zero-order valence-corrected chi connectivity index (χ0v) is 21.1. The SMILES string of the molecule is COC(=O)c1ccccc1-c1ccc(C[C@H](Br)c2ccc(-c3ccccc3C(=O)OC)cc2)cc1. The summed E-state index contributed by atoms with van der Waals surface area (Å²) in [7, 11) is 2.78. The molecule has 0 bridgehead atoms. The Balaban J connectivity index is 1.49. The van der Waals surface area contributed by atoms with Gasteiger partial charge in [0.1, 0.15) is 0 Å². The van der Waals surface area contributed by atoms with Gasteiger partial charge in [-0.3, -0.25) is 0 Å². The molecule has 0 amide bonds.